The first-order valence-corrected chi connectivity index (χ1v) is 5.94. The van der Waals surface area contributed by atoms with Gasteiger partial charge in [-0.05, 0) is 18.6 Å². The summed E-state index contributed by atoms with van der Waals surface area (Å²) >= 11 is 1.84. The van der Waals surface area contributed by atoms with Crippen molar-refractivity contribution in [1.29, 1.82) is 0 Å². The van der Waals surface area contributed by atoms with E-state index in [9.17, 15) is 0 Å². The highest BCUT2D eigenvalue weighted by Gasteiger charge is 2.24. The fraction of sp³-hybridized carbons (Fsp3) is 0.455. The van der Waals surface area contributed by atoms with Crippen LogP contribution in [0.2, 0.25) is 0 Å². The molecule has 0 radical (unpaired) electrons. The molecule has 0 spiro atoms. The first-order valence-electron chi connectivity index (χ1n) is 4.95. The highest BCUT2D eigenvalue weighted by molar-refractivity contribution is 7.99. The summed E-state index contributed by atoms with van der Waals surface area (Å²) in [6.07, 6.45) is 1.13. The summed E-state index contributed by atoms with van der Waals surface area (Å²) < 4.78 is 5.84. The van der Waals surface area contributed by atoms with Gasteiger partial charge in [0, 0.05) is 16.7 Å². The van der Waals surface area contributed by atoms with Gasteiger partial charge in [-0.2, -0.15) is 0 Å². The molecular weight excluding hydrogens is 194 g/mol. The third kappa shape index (κ3) is 1.88. The second-order valence-corrected chi connectivity index (χ2v) is 4.55. The zero-order chi connectivity index (χ0) is 9.97. The summed E-state index contributed by atoms with van der Waals surface area (Å²) in [5, 5.41) is 0. The summed E-state index contributed by atoms with van der Waals surface area (Å²) in [5.74, 6) is 1.95. The molecule has 3 heteroatoms. The van der Waals surface area contributed by atoms with Gasteiger partial charge in [0.25, 0.3) is 0 Å². The van der Waals surface area contributed by atoms with E-state index in [0.29, 0.717) is 0 Å². The average Bonchev–Trinajstić information content (AvgIpc) is 2.27. The first-order chi connectivity index (χ1) is 6.81. The highest BCUT2D eigenvalue weighted by Crippen LogP contribution is 2.35. The van der Waals surface area contributed by atoms with Crippen LogP contribution in [-0.2, 0) is 0 Å². The fourth-order valence-electron chi connectivity index (χ4n) is 1.51. The molecule has 0 fully saturated rings. The second-order valence-electron chi connectivity index (χ2n) is 3.49. The lowest BCUT2D eigenvalue weighted by molar-refractivity contribution is 0.182. The van der Waals surface area contributed by atoms with Crippen molar-refractivity contribution >= 4 is 11.8 Å². The van der Waals surface area contributed by atoms with E-state index in [4.69, 9.17) is 10.5 Å². The number of rotatable bonds is 2. The van der Waals surface area contributed by atoms with E-state index in [1.165, 1.54) is 4.90 Å². The Kier molecular flexibility index (Phi) is 2.99. The Morgan fingerprint density at radius 2 is 2.36 bits per heavy atom. The molecule has 0 saturated heterocycles. The fourth-order valence-corrected chi connectivity index (χ4v) is 2.60. The summed E-state index contributed by atoms with van der Waals surface area (Å²) in [4.78, 5) is 1.23. The van der Waals surface area contributed by atoms with Crippen molar-refractivity contribution in [3.63, 3.8) is 0 Å². The molecule has 0 amide bonds. The van der Waals surface area contributed by atoms with Crippen LogP contribution in [0.15, 0.2) is 29.2 Å². The minimum atomic E-state index is 0.149. The zero-order valence-electron chi connectivity index (χ0n) is 8.27. The third-order valence-electron chi connectivity index (χ3n) is 2.48. The number of fused-ring (bicyclic) bond motifs is 1. The zero-order valence-corrected chi connectivity index (χ0v) is 9.09. The molecule has 2 unspecified atom stereocenters. The number of ether oxygens (including phenoxy) is 1. The minimum absolute atomic E-state index is 0.149. The molecule has 2 atom stereocenters. The molecule has 1 aromatic carbocycles. The molecule has 76 valence electrons. The van der Waals surface area contributed by atoms with Crippen molar-refractivity contribution in [3.8, 4) is 5.75 Å². The Bertz CT molecular complexity index is 316. The Morgan fingerprint density at radius 1 is 1.57 bits per heavy atom. The molecule has 1 aromatic rings. The van der Waals surface area contributed by atoms with Crippen LogP contribution in [0, 0.1) is 0 Å². The topological polar surface area (TPSA) is 35.2 Å². The van der Waals surface area contributed by atoms with Gasteiger partial charge < -0.3 is 10.5 Å². The van der Waals surface area contributed by atoms with Gasteiger partial charge in [0.1, 0.15) is 11.9 Å². The molecule has 14 heavy (non-hydrogen) atoms. The quantitative estimate of drug-likeness (QED) is 0.811. The van der Waals surface area contributed by atoms with E-state index in [-0.39, 0.29) is 12.1 Å². The van der Waals surface area contributed by atoms with Gasteiger partial charge >= 0.3 is 0 Å². The molecule has 2 nitrogen and oxygen atoms in total. The third-order valence-corrected chi connectivity index (χ3v) is 3.62. The molecule has 2 rings (SSSR count). The summed E-state index contributed by atoms with van der Waals surface area (Å²) in [7, 11) is 0. The van der Waals surface area contributed by atoms with Crippen LogP contribution < -0.4 is 10.5 Å². The second kappa shape index (κ2) is 4.24. The smallest absolute Gasteiger partial charge is 0.133 e. The Hall–Kier alpha value is -0.670. The number of hydrogen-bond acceptors (Lipinski definition) is 3. The van der Waals surface area contributed by atoms with Crippen LogP contribution in [0.4, 0.5) is 0 Å². The van der Waals surface area contributed by atoms with Gasteiger partial charge in [0.05, 0.1) is 0 Å². The molecule has 1 heterocycles. The van der Waals surface area contributed by atoms with Gasteiger partial charge in [0.2, 0.25) is 0 Å². The van der Waals surface area contributed by atoms with Gasteiger partial charge in [-0.1, -0.05) is 19.1 Å². The van der Waals surface area contributed by atoms with Crippen LogP contribution >= 0.6 is 11.8 Å². The first kappa shape index (κ1) is 9.87. The van der Waals surface area contributed by atoms with Crippen LogP contribution in [0.3, 0.4) is 0 Å². The van der Waals surface area contributed by atoms with Crippen molar-refractivity contribution in [1.82, 2.24) is 0 Å². The average molecular weight is 209 g/mol. The lowest BCUT2D eigenvalue weighted by Gasteiger charge is -2.29. The van der Waals surface area contributed by atoms with E-state index in [1.807, 2.05) is 30.0 Å². The van der Waals surface area contributed by atoms with Crippen molar-refractivity contribution in [3.05, 3.63) is 24.3 Å². The van der Waals surface area contributed by atoms with Gasteiger partial charge in [-0.3, -0.25) is 0 Å². The maximum Gasteiger partial charge on any atom is 0.133 e. The van der Waals surface area contributed by atoms with Gasteiger partial charge in [-0.25, -0.2) is 0 Å². The molecule has 0 aliphatic carbocycles. The number of benzene rings is 1. The predicted molar refractivity (Wildman–Crippen MR) is 59.8 cm³/mol. The van der Waals surface area contributed by atoms with E-state index in [2.05, 4.69) is 13.0 Å². The minimum Gasteiger partial charge on any atom is -0.487 e. The monoisotopic (exact) mass is 209 g/mol. The summed E-state index contributed by atoms with van der Waals surface area (Å²) in [6, 6.07) is 8.29. The van der Waals surface area contributed by atoms with E-state index < -0.39 is 0 Å². The van der Waals surface area contributed by atoms with E-state index in [0.717, 1.165) is 17.9 Å². The Balaban J connectivity index is 2.13. The van der Waals surface area contributed by atoms with Crippen LogP contribution in [0.5, 0.6) is 5.75 Å². The molecule has 2 N–H and O–H groups in total. The van der Waals surface area contributed by atoms with E-state index in [1.54, 1.807) is 0 Å². The summed E-state index contributed by atoms with van der Waals surface area (Å²) in [6.45, 7) is 2.10. The Labute approximate surface area is 88.8 Å². The molecule has 0 aromatic heterocycles. The maximum atomic E-state index is 5.97. The number of para-hydroxylation sites is 1. The highest BCUT2D eigenvalue weighted by atomic mass is 32.2. The number of hydrogen-bond donors (Lipinski definition) is 1. The molecule has 0 bridgehead atoms. The largest absolute Gasteiger partial charge is 0.487 e. The maximum absolute atomic E-state index is 5.97. The molecule has 1 aliphatic rings. The number of thioether (sulfide) groups is 1. The summed E-state index contributed by atoms with van der Waals surface area (Å²) in [5.41, 5.74) is 5.97. The Morgan fingerprint density at radius 3 is 3.14 bits per heavy atom. The normalized spacial score (nSPS) is 22.3. The lowest BCUT2D eigenvalue weighted by Crippen LogP contribution is -2.41. The van der Waals surface area contributed by atoms with E-state index >= 15 is 0 Å². The van der Waals surface area contributed by atoms with Crippen molar-refractivity contribution < 1.29 is 4.74 Å². The standard InChI is InChI=1S/C11H15NOS/c1-2-8(12)10-7-14-11-6-4-3-5-9(11)13-10/h3-6,8,10H,2,7,12H2,1H3. The SMILES string of the molecule is CCC(N)C1CSc2ccccc2O1. The predicted octanol–water partition coefficient (Wildman–Crippen LogP) is 2.28. The van der Waals surface area contributed by atoms with Crippen LogP contribution in [-0.4, -0.2) is 17.9 Å². The van der Waals surface area contributed by atoms with Crippen molar-refractivity contribution in [2.75, 3.05) is 5.75 Å². The van der Waals surface area contributed by atoms with Crippen LogP contribution in [0.1, 0.15) is 13.3 Å². The van der Waals surface area contributed by atoms with Gasteiger partial charge in [0.15, 0.2) is 0 Å². The molecular formula is C11H15NOS. The molecule has 1 aliphatic heterocycles. The van der Waals surface area contributed by atoms with Crippen LogP contribution in [0.25, 0.3) is 0 Å². The number of nitrogens with two attached hydrogens (primary N) is 1. The van der Waals surface area contributed by atoms with Crippen molar-refractivity contribution in [2.45, 2.75) is 30.4 Å². The lowest BCUT2D eigenvalue weighted by atomic mass is 10.1. The molecule has 0 saturated carbocycles. The van der Waals surface area contributed by atoms with Crippen molar-refractivity contribution in [2.24, 2.45) is 5.73 Å². The van der Waals surface area contributed by atoms with Gasteiger partial charge in [-0.15, -0.1) is 11.8 Å².